The molecule has 5 N–H and O–H groups in total. The molecule has 0 aliphatic carbocycles. The van der Waals surface area contributed by atoms with E-state index in [4.69, 9.17) is 0 Å². The number of rotatable bonds is 3. The second kappa shape index (κ2) is 8.97. The van der Waals surface area contributed by atoms with Crippen LogP contribution in [-0.2, 0) is 30.0 Å². The van der Waals surface area contributed by atoms with E-state index >= 15 is 4.79 Å². The molecule has 4 bridgehead atoms. The number of likely N-dealkylation sites (N-methyl/N-ethyl adjacent to an activating group) is 2. The Morgan fingerprint density at radius 3 is 1.67 bits per heavy atom. The van der Waals surface area contributed by atoms with Crippen LogP contribution in [0.2, 0.25) is 0 Å². The summed E-state index contributed by atoms with van der Waals surface area (Å²) in [7, 11) is 7.57. The maximum absolute atomic E-state index is 15.1. The van der Waals surface area contributed by atoms with Crippen molar-refractivity contribution in [3.63, 3.8) is 0 Å². The molecular weight excluding hydrogens is 709 g/mol. The van der Waals surface area contributed by atoms with Gasteiger partial charge in [0, 0.05) is 25.5 Å². The molecule has 2 aromatic rings. The fraction of sp³-hybridized carbons (Fsp3) is 0.500. The summed E-state index contributed by atoms with van der Waals surface area (Å²) in [6.07, 6.45) is -5.53. The van der Waals surface area contributed by atoms with Crippen LogP contribution in [0.5, 0.6) is 0 Å². The standard InChI is InChI=1S/C32H32N6O7S4/c1-14(2)30-26(45)38-22-29(16-10-6-8-12-18(16)34-22,20(41)32(38,49-47-30)25(44)36(30)4)28-15-9-5-7-11-17(15)33-21(28)37-23(42)27(13-39)35(3)24(43)31(37,19(28)40)48-46-27/h5-12,14,19-22,33-34,39-41H,13H2,1-4H3/t19-,20-,21-,22+,27+,28?,29+,30+,31?,32?/m0/s1. The van der Waals surface area contributed by atoms with Gasteiger partial charge in [-0.15, -0.1) is 0 Å². The van der Waals surface area contributed by atoms with Crippen molar-refractivity contribution >= 4 is 78.2 Å². The van der Waals surface area contributed by atoms with Gasteiger partial charge < -0.3 is 35.8 Å². The Morgan fingerprint density at radius 2 is 1.16 bits per heavy atom. The van der Waals surface area contributed by atoms with Crippen LogP contribution in [0.25, 0.3) is 0 Å². The Hall–Kier alpha value is -2.80. The van der Waals surface area contributed by atoms with Crippen LogP contribution in [0, 0.1) is 5.92 Å². The van der Waals surface area contributed by atoms with Gasteiger partial charge in [-0.3, -0.25) is 29.0 Å². The number of carbonyl (C=O) groups is 4. The lowest BCUT2D eigenvalue weighted by molar-refractivity contribution is -0.169. The van der Waals surface area contributed by atoms with Gasteiger partial charge in [-0.1, -0.05) is 61.0 Å². The molecule has 10 heterocycles. The molecule has 13 nitrogen and oxygen atoms in total. The first-order valence-electron chi connectivity index (χ1n) is 16.0. The number of para-hydroxylation sites is 2. The molecule has 0 aromatic heterocycles. The summed E-state index contributed by atoms with van der Waals surface area (Å²) < 4.78 is 0. The minimum Gasteiger partial charge on any atom is -0.392 e. The van der Waals surface area contributed by atoms with E-state index in [0.717, 1.165) is 21.6 Å². The minimum absolute atomic E-state index is 0.297. The molecule has 8 saturated heterocycles. The SMILES string of the molecule is CC(C)[C@]12SSC3(C(=O)N1C)[C@@H](O)[C@]1(C45c6ccccc6N[C@H]4N4C(=O)[C@@]6(CO)SSC4(C(=O)N6C)[C@H]5O)c4ccccc4N[C@@H]1N3C2=O. The fourth-order valence-electron chi connectivity index (χ4n) is 10.5. The Bertz CT molecular complexity index is 1980. The molecule has 49 heavy (non-hydrogen) atoms. The monoisotopic (exact) mass is 740 g/mol. The van der Waals surface area contributed by atoms with Crippen molar-refractivity contribution in [1.82, 2.24) is 19.6 Å². The molecule has 2 aromatic carbocycles. The Morgan fingerprint density at radius 1 is 0.694 bits per heavy atom. The highest BCUT2D eigenvalue weighted by Gasteiger charge is 2.93. The van der Waals surface area contributed by atoms with Gasteiger partial charge in [0.1, 0.15) is 24.5 Å². The molecule has 256 valence electrons. The van der Waals surface area contributed by atoms with Gasteiger partial charge >= 0.3 is 0 Å². The van der Waals surface area contributed by atoms with Gasteiger partial charge in [0.25, 0.3) is 23.6 Å². The molecule has 10 aliphatic rings. The Labute approximate surface area is 296 Å². The number of aliphatic hydroxyl groups excluding tert-OH is 3. The molecule has 10 aliphatic heterocycles. The molecule has 10 atom stereocenters. The zero-order chi connectivity index (χ0) is 34.4. The van der Waals surface area contributed by atoms with E-state index in [1.54, 1.807) is 13.1 Å². The number of amides is 4. The second-order valence-electron chi connectivity index (χ2n) is 14.3. The molecule has 4 amide bonds. The van der Waals surface area contributed by atoms with Gasteiger partial charge in [-0.2, -0.15) is 0 Å². The predicted octanol–water partition coefficient (Wildman–Crippen LogP) is 0.939. The second-order valence-corrected chi connectivity index (χ2v) is 19.5. The lowest BCUT2D eigenvalue weighted by Gasteiger charge is -2.60. The number of fused-ring (bicyclic) bond motifs is 11. The summed E-state index contributed by atoms with van der Waals surface area (Å²) in [6.45, 7) is 3.13. The third kappa shape index (κ3) is 2.63. The Balaban J connectivity index is 1.34. The van der Waals surface area contributed by atoms with Crippen LogP contribution in [0.4, 0.5) is 11.4 Å². The van der Waals surface area contributed by atoms with E-state index < -0.39 is 79.2 Å². The van der Waals surface area contributed by atoms with E-state index in [-0.39, 0.29) is 11.8 Å². The number of nitrogens with zero attached hydrogens (tertiary/aromatic N) is 4. The van der Waals surface area contributed by atoms with E-state index in [1.165, 1.54) is 48.2 Å². The smallest absolute Gasteiger partial charge is 0.265 e. The maximum Gasteiger partial charge on any atom is 0.265 e. The molecule has 2 spiro atoms. The van der Waals surface area contributed by atoms with Crippen molar-refractivity contribution in [3.8, 4) is 0 Å². The summed E-state index contributed by atoms with van der Waals surface area (Å²) in [5.74, 6) is -2.18. The number of hydrogen-bond donors (Lipinski definition) is 5. The van der Waals surface area contributed by atoms with Crippen LogP contribution in [0.3, 0.4) is 0 Å². The highest BCUT2D eigenvalue weighted by Crippen LogP contribution is 2.78. The predicted molar refractivity (Wildman–Crippen MR) is 186 cm³/mol. The molecule has 3 unspecified atom stereocenters. The van der Waals surface area contributed by atoms with E-state index in [1.807, 2.05) is 56.3 Å². The van der Waals surface area contributed by atoms with Gasteiger partial charge in [-0.25, -0.2) is 0 Å². The highest BCUT2D eigenvalue weighted by molar-refractivity contribution is 8.78. The summed E-state index contributed by atoms with van der Waals surface area (Å²) in [5, 5.41) is 44.5. The van der Waals surface area contributed by atoms with Crippen LogP contribution >= 0.6 is 43.2 Å². The van der Waals surface area contributed by atoms with Crippen LogP contribution < -0.4 is 10.6 Å². The zero-order valence-electron chi connectivity index (χ0n) is 26.6. The van der Waals surface area contributed by atoms with Gasteiger partial charge in [0.15, 0.2) is 4.87 Å². The quantitative estimate of drug-likeness (QED) is 0.283. The van der Waals surface area contributed by atoms with Gasteiger partial charge in [-0.05, 0) is 61.6 Å². The van der Waals surface area contributed by atoms with Crippen LogP contribution in [0.1, 0.15) is 25.0 Å². The van der Waals surface area contributed by atoms with Crippen molar-refractivity contribution in [2.24, 2.45) is 5.92 Å². The summed E-state index contributed by atoms with van der Waals surface area (Å²) in [6, 6.07) is 14.6. The first-order chi connectivity index (χ1) is 23.3. The number of piperazine rings is 2. The number of carbonyl (C=O) groups excluding carboxylic acids is 4. The lowest BCUT2D eigenvalue weighted by atomic mass is 9.52. The molecule has 8 fully saturated rings. The zero-order valence-corrected chi connectivity index (χ0v) is 29.9. The van der Waals surface area contributed by atoms with E-state index in [2.05, 4.69) is 10.6 Å². The molecule has 17 heteroatoms. The normalized spacial score (nSPS) is 45.0. The molecule has 0 radical (unpaired) electrons. The topological polar surface area (TPSA) is 166 Å². The maximum atomic E-state index is 15.1. The highest BCUT2D eigenvalue weighted by atomic mass is 33.1. The third-order valence-electron chi connectivity index (χ3n) is 12.7. The molecule has 0 saturated carbocycles. The molecule has 12 rings (SSSR count). The minimum atomic E-state index is -1.87. The average molecular weight is 741 g/mol. The van der Waals surface area contributed by atoms with Crippen LogP contribution in [0.15, 0.2) is 48.5 Å². The van der Waals surface area contributed by atoms with Gasteiger partial charge in [0.05, 0.1) is 17.4 Å². The lowest BCUT2D eigenvalue weighted by Crippen LogP contribution is -2.79. The van der Waals surface area contributed by atoms with Crippen LogP contribution in [-0.4, -0.2) is 123 Å². The summed E-state index contributed by atoms with van der Waals surface area (Å²) >= 11 is 0. The van der Waals surface area contributed by atoms with Crippen molar-refractivity contribution in [1.29, 1.82) is 0 Å². The van der Waals surface area contributed by atoms with E-state index in [9.17, 15) is 29.7 Å². The molecular formula is C32H32N6O7S4. The third-order valence-corrected chi connectivity index (χ3v) is 20.2. The number of nitrogens with one attached hydrogen (secondary N) is 2. The number of anilines is 2. The summed E-state index contributed by atoms with van der Waals surface area (Å²) in [5.41, 5.74) is -1.13. The number of benzene rings is 2. The first kappa shape index (κ1) is 31.0. The van der Waals surface area contributed by atoms with Crippen molar-refractivity contribution in [2.75, 3.05) is 31.3 Å². The first-order valence-corrected chi connectivity index (χ1v) is 20.3. The summed E-state index contributed by atoms with van der Waals surface area (Å²) in [4.78, 5) is 58.4. The van der Waals surface area contributed by atoms with E-state index in [0.29, 0.717) is 22.5 Å². The van der Waals surface area contributed by atoms with Crippen molar-refractivity contribution in [2.45, 2.75) is 68.7 Å². The number of aliphatic hydroxyl groups is 3. The Kier molecular flexibility index (Phi) is 5.67. The van der Waals surface area contributed by atoms with Gasteiger partial charge in [0.2, 0.25) is 14.6 Å². The van der Waals surface area contributed by atoms with Crippen molar-refractivity contribution in [3.05, 3.63) is 59.7 Å². The fourth-order valence-corrected chi connectivity index (χ4v) is 18.4. The average Bonchev–Trinajstić information content (AvgIpc) is 3.75. The van der Waals surface area contributed by atoms with Crippen molar-refractivity contribution < 1.29 is 34.5 Å². The number of hydrogen-bond acceptors (Lipinski definition) is 13. The largest absolute Gasteiger partial charge is 0.392 e.